The summed E-state index contributed by atoms with van der Waals surface area (Å²) in [7, 11) is 0. The smallest absolute Gasteiger partial charge is 0.188 e. The number of rotatable bonds is 4. The molecule has 0 fully saturated rings. The Morgan fingerprint density at radius 3 is 2.78 bits per heavy atom. The van der Waals surface area contributed by atoms with E-state index in [2.05, 4.69) is 0 Å². The van der Waals surface area contributed by atoms with Gasteiger partial charge in [-0.25, -0.2) is 0 Å². The van der Waals surface area contributed by atoms with E-state index in [1.807, 2.05) is 6.92 Å². The zero-order valence-electron chi connectivity index (χ0n) is 5.52. The van der Waals surface area contributed by atoms with Gasteiger partial charge in [0.25, 0.3) is 0 Å². The van der Waals surface area contributed by atoms with Crippen LogP contribution in [0, 0.1) is 0 Å². The minimum Gasteiger partial charge on any atom is -0.287 e. The van der Waals surface area contributed by atoms with Crippen LogP contribution in [0.2, 0.25) is 0 Å². The summed E-state index contributed by atoms with van der Waals surface area (Å²) >= 11 is 1.22. The van der Waals surface area contributed by atoms with Gasteiger partial charge >= 0.3 is 0 Å². The normalized spacial score (nSPS) is 9.56. The summed E-state index contributed by atoms with van der Waals surface area (Å²) in [6, 6.07) is 0. The van der Waals surface area contributed by atoms with Gasteiger partial charge in [0, 0.05) is 12.2 Å². The Kier molecular flexibility index (Phi) is 6.04. The van der Waals surface area contributed by atoms with Gasteiger partial charge in [0.05, 0.1) is 6.67 Å². The van der Waals surface area contributed by atoms with Crippen LogP contribution in [0.25, 0.3) is 0 Å². The first-order valence-corrected chi connectivity index (χ1v) is 4.01. The van der Waals surface area contributed by atoms with Crippen molar-refractivity contribution in [2.24, 2.45) is 0 Å². The molecule has 0 atom stereocenters. The molecule has 0 rings (SSSR count). The van der Waals surface area contributed by atoms with Crippen LogP contribution < -0.4 is 0 Å². The lowest BCUT2D eigenvalue weighted by atomic mass is 10.5. The Morgan fingerprint density at radius 2 is 2.33 bits per heavy atom. The number of thioether (sulfide) groups is 1. The highest BCUT2D eigenvalue weighted by Crippen LogP contribution is 2.05. The zero-order chi connectivity index (χ0) is 7.11. The van der Waals surface area contributed by atoms with Gasteiger partial charge in [-0.15, -0.1) is 0 Å². The van der Waals surface area contributed by atoms with Gasteiger partial charge in [-0.2, -0.15) is 0 Å². The summed E-state index contributed by atoms with van der Waals surface area (Å²) in [6.45, 7) is 1.49. The maximum absolute atomic E-state index is 11.4. The van der Waals surface area contributed by atoms with Gasteiger partial charge in [-0.3, -0.25) is 9.18 Å². The molecular formula is C6H11FOS. The van der Waals surface area contributed by atoms with Crippen molar-refractivity contribution in [3.63, 3.8) is 0 Å². The van der Waals surface area contributed by atoms with E-state index in [9.17, 15) is 9.18 Å². The van der Waals surface area contributed by atoms with E-state index in [1.165, 1.54) is 11.8 Å². The third kappa shape index (κ3) is 5.83. The molecule has 0 aromatic rings. The Morgan fingerprint density at radius 1 is 1.67 bits per heavy atom. The number of halogens is 1. The number of alkyl halides is 1. The molecule has 0 saturated heterocycles. The van der Waals surface area contributed by atoms with Crippen LogP contribution in [-0.2, 0) is 4.79 Å². The SMILES string of the molecule is CCC(=O)SCCCF. The van der Waals surface area contributed by atoms with Crippen molar-refractivity contribution < 1.29 is 9.18 Å². The van der Waals surface area contributed by atoms with Crippen molar-refractivity contribution in [1.29, 1.82) is 0 Å². The number of carbonyl (C=O) groups is 1. The van der Waals surface area contributed by atoms with Gasteiger partial charge in [-0.1, -0.05) is 18.7 Å². The van der Waals surface area contributed by atoms with Crippen LogP contribution in [-0.4, -0.2) is 17.5 Å². The van der Waals surface area contributed by atoms with Gasteiger partial charge in [0.2, 0.25) is 0 Å². The molecule has 0 aliphatic heterocycles. The fourth-order valence-electron chi connectivity index (χ4n) is 0.343. The maximum Gasteiger partial charge on any atom is 0.188 e. The second-order valence-corrected chi connectivity index (χ2v) is 2.77. The largest absolute Gasteiger partial charge is 0.287 e. The lowest BCUT2D eigenvalue weighted by molar-refractivity contribution is -0.110. The molecule has 0 radical (unpaired) electrons. The van der Waals surface area contributed by atoms with Crippen molar-refractivity contribution in [3.8, 4) is 0 Å². The van der Waals surface area contributed by atoms with Gasteiger partial charge in [0.15, 0.2) is 5.12 Å². The van der Waals surface area contributed by atoms with Crippen molar-refractivity contribution in [1.82, 2.24) is 0 Å². The maximum atomic E-state index is 11.4. The summed E-state index contributed by atoms with van der Waals surface area (Å²) in [5, 5.41) is 0.156. The standard InChI is InChI=1S/C6H11FOS/c1-2-6(8)9-5-3-4-7/h2-5H2,1H3. The molecule has 0 saturated carbocycles. The second-order valence-electron chi connectivity index (χ2n) is 1.62. The zero-order valence-corrected chi connectivity index (χ0v) is 6.34. The number of carbonyl (C=O) groups excluding carboxylic acids is 1. The Balaban J connectivity index is 2.97. The first-order valence-electron chi connectivity index (χ1n) is 3.02. The fraction of sp³-hybridized carbons (Fsp3) is 0.833. The molecule has 0 bridgehead atoms. The summed E-state index contributed by atoms with van der Waals surface area (Å²) in [4.78, 5) is 10.5. The van der Waals surface area contributed by atoms with E-state index in [1.54, 1.807) is 0 Å². The molecule has 0 heterocycles. The highest BCUT2D eigenvalue weighted by molar-refractivity contribution is 8.13. The highest BCUT2D eigenvalue weighted by atomic mass is 32.2. The van der Waals surface area contributed by atoms with Crippen LogP contribution in [0.3, 0.4) is 0 Å². The summed E-state index contributed by atoms with van der Waals surface area (Å²) < 4.78 is 11.4. The van der Waals surface area contributed by atoms with E-state index in [4.69, 9.17) is 0 Å². The fourth-order valence-corrected chi connectivity index (χ4v) is 1.03. The van der Waals surface area contributed by atoms with Crippen LogP contribution in [0.1, 0.15) is 19.8 Å². The van der Waals surface area contributed by atoms with Crippen molar-refractivity contribution in [3.05, 3.63) is 0 Å². The van der Waals surface area contributed by atoms with Crippen molar-refractivity contribution >= 4 is 16.9 Å². The van der Waals surface area contributed by atoms with Crippen LogP contribution in [0.4, 0.5) is 4.39 Å². The molecule has 0 aromatic heterocycles. The third-order valence-electron chi connectivity index (χ3n) is 0.830. The topological polar surface area (TPSA) is 17.1 Å². The highest BCUT2D eigenvalue weighted by Gasteiger charge is 1.96. The third-order valence-corrected chi connectivity index (χ3v) is 1.93. The quantitative estimate of drug-likeness (QED) is 0.570. The monoisotopic (exact) mass is 150 g/mol. The average Bonchev–Trinajstić information content (AvgIpc) is 1.89. The molecule has 0 N–H and O–H groups in total. The average molecular weight is 150 g/mol. The summed E-state index contributed by atoms with van der Waals surface area (Å²) in [5.74, 6) is 0.628. The molecule has 0 amide bonds. The summed E-state index contributed by atoms with van der Waals surface area (Å²) in [5.41, 5.74) is 0. The van der Waals surface area contributed by atoms with Crippen molar-refractivity contribution in [2.75, 3.05) is 12.4 Å². The Hall–Kier alpha value is -0.0500. The summed E-state index contributed by atoms with van der Waals surface area (Å²) in [6.07, 6.45) is 1.05. The molecule has 54 valence electrons. The second kappa shape index (κ2) is 6.08. The Labute approximate surface area is 59.0 Å². The first-order chi connectivity index (χ1) is 4.31. The van der Waals surface area contributed by atoms with Gasteiger partial charge in [0.1, 0.15) is 0 Å². The van der Waals surface area contributed by atoms with E-state index >= 15 is 0 Å². The molecule has 0 aliphatic rings. The van der Waals surface area contributed by atoms with Crippen LogP contribution in [0.5, 0.6) is 0 Å². The van der Waals surface area contributed by atoms with Crippen LogP contribution >= 0.6 is 11.8 Å². The van der Waals surface area contributed by atoms with E-state index in [-0.39, 0.29) is 11.8 Å². The van der Waals surface area contributed by atoms with Crippen molar-refractivity contribution in [2.45, 2.75) is 19.8 Å². The molecule has 3 heteroatoms. The van der Waals surface area contributed by atoms with E-state index in [0.29, 0.717) is 18.6 Å². The molecule has 9 heavy (non-hydrogen) atoms. The number of hydrogen-bond acceptors (Lipinski definition) is 2. The lowest BCUT2D eigenvalue weighted by Crippen LogP contribution is -1.90. The predicted molar refractivity (Wildman–Crippen MR) is 38.3 cm³/mol. The minimum atomic E-state index is -0.315. The first kappa shape index (κ1) is 8.95. The lowest BCUT2D eigenvalue weighted by Gasteiger charge is -1.92. The molecular weight excluding hydrogens is 139 g/mol. The molecule has 0 spiro atoms. The van der Waals surface area contributed by atoms with Gasteiger partial charge < -0.3 is 0 Å². The minimum absolute atomic E-state index is 0.156. The molecule has 0 aliphatic carbocycles. The molecule has 0 unspecified atom stereocenters. The Bertz CT molecular complexity index is 85.1. The molecule has 1 nitrogen and oxygen atoms in total. The van der Waals surface area contributed by atoms with Crippen LogP contribution in [0.15, 0.2) is 0 Å². The van der Waals surface area contributed by atoms with E-state index in [0.717, 1.165) is 0 Å². The predicted octanol–water partition coefficient (Wildman–Crippen LogP) is 2.02. The van der Waals surface area contributed by atoms with E-state index < -0.39 is 0 Å². The van der Waals surface area contributed by atoms with Gasteiger partial charge in [-0.05, 0) is 6.42 Å². The molecule has 0 aromatic carbocycles. The number of hydrogen-bond donors (Lipinski definition) is 0.